The summed E-state index contributed by atoms with van der Waals surface area (Å²) in [5.74, 6) is 0. The molecule has 0 amide bonds. The highest BCUT2D eigenvalue weighted by molar-refractivity contribution is 5.14. The summed E-state index contributed by atoms with van der Waals surface area (Å²) in [5.41, 5.74) is 0.450. The van der Waals surface area contributed by atoms with Crippen LogP contribution in [0.3, 0.4) is 0 Å². The van der Waals surface area contributed by atoms with Gasteiger partial charge in [-0.2, -0.15) is 0 Å². The van der Waals surface area contributed by atoms with E-state index in [0.29, 0.717) is 5.54 Å². The van der Waals surface area contributed by atoms with Crippen molar-refractivity contribution in [1.82, 2.24) is 4.90 Å². The Labute approximate surface area is 84.3 Å². The topological polar surface area (TPSA) is 6.02 Å². The fourth-order valence-corrected chi connectivity index (χ4v) is 1.01. The quantitative estimate of drug-likeness (QED) is 0.373. The lowest BCUT2D eigenvalue weighted by molar-refractivity contribution is -0.532. The van der Waals surface area contributed by atoms with E-state index in [1.807, 2.05) is 13.8 Å². The maximum Gasteiger partial charge on any atom is 0.199 e. The highest BCUT2D eigenvalue weighted by Crippen LogP contribution is 2.29. The molecule has 2 nitrogen and oxygen atoms in total. The molecular formula is C11H27N2+. The third-order valence-electron chi connectivity index (χ3n) is 2.15. The van der Waals surface area contributed by atoms with Crippen LogP contribution in [0.2, 0.25) is 0 Å². The average Bonchev–Trinajstić information content (AvgIpc) is 2.62. The van der Waals surface area contributed by atoms with Crippen molar-refractivity contribution >= 4 is 6.72 Å². The van der Waals surface area contributed by atoms with Crippen LogP contribution >= 0.6 is 0 Å². The summed E-state index contributed by atoms with van der Waals surface area (Å²) in [5, 5.41) is 0. The van der Waals surface area contributed by atoms with Gasteiger partial charge in [-0.15, -0.1) is 0 Å². The molecule has 0 aliphatic carbocycles. The van der Waals surface area contributed by atoms with Crippen LogP contribution in [0.1, 0.15) is 42.0 Å². The summed E-state index contributed by atoms with van der Waals surface area (Å²) in [6.07, 6.45) is 0. The summed E-state index contributed by atoms with van der Waals surface area (Å²) >= 11 is 0. The van der Waals surface area contributed by atoms with Gasteiger partial charge >= 0.3 is 0 Å². The zero-order valence-corrected chi connectivity index (χ0v) is 9.22. The first kappa shape index (κ1) is 15.1. The van der Waals surface area contributed by atoms with E-state index in [-0.39, 0.29) is 7.43 Å². The molecule has 1 heterocycles. The molecule has 0 aromatic heterocycles. The molecule has 80 valence electrons. The third kappa shape index (κ3) is 5.04. The molecule has 1 aliphatic rings. The minimum absolute atomic E-state index is 0. The van der Waals surface area contributed by atoms with Crippen LogP contribution in [-0.2, 0) is 0 Å². The zero-order chi connectivity index (χ0) is 9.78. The van der Waals surface area contributed by atoms with Crippen molar-refractivity contribution in [3.8, 4) is 0 Å². The van der Waals surface area contributed by atoms with Crippen molar-refractivity contribution in [1.29, 1.82) is 0 Å². The minimum atomic E-state index is 0. The van der Waals surface area contributed by atoms with Crippen LogP contribution in [0.15, 0.2) is 0 Å². The van der Waals surface area contributed by atoms with E-state index in [0.717, 1.165) is 13.2 Å². The lowest BCUT2D eigenvalue weighted by Gasteiger charge is -2.03. The smallest absolute Gasteiger partial charge is 0.199 e. The molecule has 1 saturated heterocycles. The fraction of sp³-hybridized carbons (Fsp3) is 0.909. The maximum atomic E-state index is 3.89. The van der Waals surface area contributed by atoms with Gasteiger partial charge in [0, 0.05) is 12.1 Å². The van der Waals surface area contributed by atoms with Crippen molar-refractivity contribution < 1.29 is 4.58 Å². The van der Waals surface area contributed by atoms with Gasteiger partial charge in [-0.05, 0) is 20.8 Å². The van der Waals surface area contributed by atoms with E-state index in [1.54, 1.807) is 0 Å². The van der Waals surface area contributed by atoms with E-state index in [4.69, 9.17) is 0 Å². The Morgan fingerprint density at radius 3 is 2.00 bits per heavy atom. The van der Waals surface area contributed by atoms with Gasteiger partial charge in [0.05, 0.1) is 0 Å². The third-order valence-corrected chi connectivity index (χ3v) is 2.15. The van der Waals surface area contributed by atoms with Crippen molar-refractivity contribution in [2.75, 3.05) is 19.8 Å². The largest absolute Gasteiger partial charge is 0.240 e. The molecule has 1 fully saturated rings. The Morgan fingerprint density at radius 1 is 1.38 bits per heavy atom. The number of hydrogen-bond donors (Lipinski definition) is 0. The normalized spacial score (nSPS) is 22.1. The van der Waals surface area contributed by atoms with E-state index in [9.17, 15) is 0 Å². The van der Waals surface area contributed by atoms with Crippen LogP contribution in [0.4, 0.5) is 0 Å². The molecule has 0 aromatic carbocycles. The van der Waals surface area contributed by atoms with Gasteiger partial charge in [0.15, 0.2) is 6.67 Å². The van der Waals surface area contributed by atoms with Crippen molar-refractivity contribution in [2.24, 2.45) is 0 Å². The number of rotatable bonds is 3. The van der Waals surface area contributed by atoms with Gasteiger partial charge in [0.25, 0.3) is 0 Å². The molecule has 0 radical (unpaired) electrons. The van der Waals surface area contributed by atoms with Crippen LogP contribution in [0, 0.1) is 0 Å². The van der Waals surface area contributed by atoms with Crippen molar-refractivity contribution in [2.45, 2.75) is 47.6 Å². The Morgan fingerprint density at radius 2 is 1.77 bits per heavy atom. The second-order valence-corrected chi connectivity index (χ2v) is 3.64. The zero-order valence-electron chi connectivity index (χ0n) is 9.22. The summed E-state index contributed by atoms with van der Waals surface area (Å²) in [6, 6.07) is 0. The monoisotopic (exact) mass is 187 g/mol. The van der Waals surface area contributed by atoms with Crippen LogP contribution in [0.5, 0.6) is 0 Å². The SMILES string of the molecule is C.C=[N+](CC)CN1CC1(C)C.CC. The summed E-state index contributed by atoms with van der Waals surface area (Å²) in [4.78, 5) is 2.41. The van der Waals surface area contributed by atoms with E-state index < -0.39 is 0 Å². The first-order valence-electron chi connectivity index (χ1n) is 4.87. The molecular weight excluding hydrogens is 160 g/mol. The molecule has 1 aliphatic heterocycles. The molecule has 1 unspecified atom stereocenters. The maximum absolute atomic E-state index is 3.89. The van der Waals surface area contributed by atoms with E-state index in [2.05, 4.69) is 37.0 Å². The predicted molar refractivity (Wildman–Crippen MR) is 61.7 cm³/mol. The highest BCUT2D eigenvalue weighted by atomic mass is 15.4. The second kappa shape index (κ2) is 6.14. The van der Waals surface area contributed by atoms with Gasteiger partial charge in [0.1, 0.15) is 13.3 Å². The van der Waals surface area contributed by atoms with Gasteiger partial charge in [-0.25, -0.2) is 9.48 Å². The van der Waals surface area contributed by atoms with E-state index in [1.165, 1.54) is 6.54 Å². The number of nitrogens with zero attached hydrogens (tertiary/aromatic N) is 2. The minimum Gasteiger partial charge on any atom is -0.240 e. The van der Waals surface area contributed by atoms with Crippen LogP contribution in [0.25, 0.3) is 0 Å². The van der Waals surface area contributed by atoms with Crippen molar-refractivity contribution in [3.05, 3.63) is 0 Å². The Hall–Kier alpha value is -0.370. The fourth-order valence-electron chi connectivity index (χ4n) is 1.01. The molecule has 0 N–H and O–H groups in total. The first-order chi connectivity index (χ1) is 5.56. The molecule has 0 saturated carbocycles. The average molecular weight is 187 g/mol. The van der Waals surface area contributed by atoms with Crippen LogP contribution < -0.4 is 0 Å². The lowest BCUT2D eigenvalue weighted by Crippen LogP contribution is -2.21. The second-order valence-electron chi connectivity index (χ2n) is 3.64. The molecule has 1 rings (SSSR count). The highest BCUT2D eigenvalue weighted by Gasteiger charge is 2.44. The summed E-state index contributed by atoms with van der Waals surface area (Å²) in [6.45, 7) is 17.8. The molecule has 0 aromatic rings. The molecule has 2 heteroatoms. The van der Waals surface area contributed by atoms with Gasteiger partial charge in [0.2, 0.25) is 0 Å². The molecule has 0 bridgehead atoms. The summed E-state index contributed by atoms with van der Waals surface area (Å²) < 4.78 is 2.08. The standard InChI is InChI=1S/C8H17N2.C2H6.CH4/c1-5-9(4)7-10-6-8(10,2)3;1-2;/h4-7H2,1-3H3;1-2H3;1H4/q+1;;. The van der Waals surface area contributed by atoms with E-state index >= 15 is 0 Å². The predicted octanol–water partition coefficient (Wildman–Crippen LogP) is 2.43. The molecule has 13 heavy (non-hydrogen) atoms. The van der Waals surface area contributed by atoms with Crippen molar-refractivity contribution in [3.63, 3.8) is 0 Å². The van der Waals surface area contributed by atoms with Gasteiger partial charge in [-0.3, -0.25) is 0 Å². The van der Waals surface area contributed by atoms with Crippen LogP contribution in [-0.4, -0.2) is 41.5 Å². The van der Waals surface area contributed by atoms with Gasteiger partial charge in [-0.1, -0.05) is 21.3 Å². The first-order valence-corrected chi connectivity index (χ1v) is 4.87. The Balaban J connectivity index is 0. The van der Waals surface area contributed by atoms with Gasteiger partial charge < -0.3 is 0 Å². The lowest BCUT2D eigenvalue weighted by atomic mass is 10.2. The molecule has 1 atom stereocenters. The Kier molecular flexibility index (Phi) is 7.14. The Bertz CT molecular complexity index is 150. The summed E-state index contributed by atoms with van der Waals surface area (Å²) in [7, 11) is 0. The number of hydrogen-bond acceptors (Lipinski definition) is 1. The molecule has 0 spiro atoms.